The Balaban J connectivity index is 2.58. The van der Waals surface area contributed by atoms with Gasteiger partial charge in [0.15, 0.2) is 0 Å². The minimum atomic E-state index is -0.491. The van der Waals surface area contributed by atoms with E-state index in [1.165, 1.54) is 0 Å². The van der Waals surface area contributed by atoms with Crippen LogP contribution in [-0.2, 0) is 0 Å². The number of rotatable bonds is 7. The van der Waals surface area contributed by atoms with Crippen molar-refractivity contribution >= 4 is 11.6 Å². The molecule has 1 atom stereocenters. The average Bonchev–Trinajstić information content (AvgIpc) is 2.36. The summed E-state index contributed by atoms with van der Waals surface area (Å²) in [6, 6.07) is 7.38. The zero-order valence-corrected chi connectivity index (χ0v) is 11.9. The van der Waals surface area contributed by atoms with E-state index < -0.39 is 6.10 Å². The zero-order valence-electron chi connectivity index (χ0n) is 11.9. The molecule has 0 bridgehead atoms. The van der Waals surface area contributed by atoms with Crippen molar-refractivity contribution in [2.45, 2.75) is 33.3 Å². The van der Waals surface area contributed by atoms with Crippen molar-refractivity contribution in [1.29, 1.82) is 0 Å². The standard InChI is InChI=1S/C15H24N2O2/c1-4-16-14-8-6-5-7-13(14)15(19)17-10-12(18)9-11(2)3/h5-8,11-12,16,18H,4,9-10H2,1-3H3,(H,17,19). The topological polar surface area (TPSA) is 61.4 Å². The van der Waals surface area contributed by atoms with E-state index in [0.29, 0.717) is 17.9 Å². The fourth-order valence-corrected chi connectivity index (χ4v) is 1.96. The lowest BCUT2D eigenvalue weighted by Crippen LogP contribution is -2.33. The number of nitrogens with one attached hydrogen (secondary N) is 2. The molecule has 0 saturated carbocycles. The third-order valence-corrected chi connectivity index (χ3v) is 2.78. The second-order valence-electron chi connectivity index (χ2n) is 5.07. The van der Waals surface area contributed by atoms with E-state index >= 15 is 0 Å². The van der Waals surface area contributed by atoms with Crippen LogP contribution in [-0.4, -0.2) is 30.2 Å². The van der Waals surface area contributed by atoms with Crippen LogP contribution in [0.5, 0.6) is 0 Å². The molecule has 1 rings (SSSR count). The number of carbonyl (C=O) groups excluding carboxylic acids is 1. The predicted molar refractivity (Wildman–Crippen MR) is 78.4 cm³/mol. The van der Waals surface area contributed by atoms with Crippen LogP contribution < -0.4 is 10.6 Å². The van der Waals surface area contributed by atoms with Crippen LogP contribution in [0.3, 0.4) is 0 Å². The average molecular weight is 264 g/mol. The summed E-state index contributed by atoms with van der Waals surface area (Å²) in [6.07, 6.45) is 0.199. The normalized spacial score (nSPS) is 12.3. The smallest absolute Gasteiger partial charge is 0.253 e. The Morgan fingerprint density at radius 1 is 1.32 bits per heavy atom. The quantitative estimate of drug-likeness (QED) is 0.708. The highest BCUT2D eigenvalue weighted by atomic mass is 16.3. The van der Waals surface area contributed by atoms with Gasteiger partial charge < -0.3 is 15.7 Å². The maximum Gasteiger partial charge on any atom is 0.253 e. The highest BCUT2D eigenvalue weighted by molar-refractivity contribution is 5.99. The summed E-state index contributed by atoms with van der Waals surface area (Å²) in [5, 5.41) is 15.7. The third kappa shape index (κ3) is 5.30. The van der Waals surface area contributed by atoms with Crippen molar-refractivity contribution in [3.05, 3.63) is 29.8 Å². The summed E-state index contributed by atoms with van der Waals surface area (Å²) >= 11 is 0. The van der Waals surface area contributed by atoms with Crippen molar-refractivity contribution in [2.24, 2.45) is 5.92 Å². The molecule has 0 spiro atoms. The first-order valence-corrected chi connectivity index (χ1v) is 6.83. The van der Waals surface area contributed by atoms with E-state index in [1.54, 1.807) is 6.07 Å². The second kappa shape index (κ2) is 7.79. The van der Waals surface area contributed by atoms with Crippen molar-refractivity contribution in [3.63, 3.8) is 0 Å². The van der Waals surface area contributed by atoms with E-state index in [-0.39, 0.29) is 12.5 Å². The molecule has 1 aromatic rings. The molecule has 19 heavy (non-hydrogen) atoms. The summed E-state index contributed by atoms with van der Waals surface area (Å²) in [7, 11) is 0. The number of para-hydroxylation sites is 1. The molecule has 0 radical (unpaired) electrons. The molecule has 0 fully saturated rings. The van der Waals surface area contributed by atoms with Gasteiger partial charge in [-0.15, -0.1) is 0 Å². The van der Waals surface area contributed by atoms with E-state index in [2.05, 4.69) is 10.6 Å². The molecule has 0 aliphatic carbocycles. The van der Waals surface area contributed by atoms with Gasteiger partial charge >= 0.3 is 0 Å². The van der Waals surface area contributed by atoms with Gasteiger partial charge in [0.2, 0.25) is 0 Å². The molecule has 106 valence electrons. The Bertz CT molecular complexity index is 405. The lowest BCUT2D eigenvalue weighted by atomic mass is 10.1. The SMILES string of the molecule is CCNc1ccccc1C(=O)NCC(O)CC(C)C. The number of amides is 1. The van der Waals surface area contributed by atoms with Crippen molar-refractivity contribution in [3.8, 4) is 0 Å². The molecule has 4 nitrogen and oxygen atoms in total. The van der Waals surface area contributed by atoms with Crippen LogP contribution in [0.1, 0.15) is 37.6 Å². The van der Waals surface area contributed by atoms with Gasteiger partial charge in [-0.1, -0.05) is 26.0 Å². The molecule has 1 unspecified atom stereocenters. The van der Waals surface area contributed by atoms with Crippen LogP contribution >= 0.6 is 0 Å². The minimum absolute atomic E-state index is 0.153. The van der Waals surface area contributed by atoms with Crippen LogP contribution in [0.15, 0.2) is 24.3 Å². The molecule has 1 amide bonds. The van der Waals surface area contributed by atoms with E-state index in [9.17, 15) is 9.90 Å². The van der Waals surface area contributed by atoms with E-state index in [0.717, 1.165) is 12.2 Å². The molecule has 0 aromatic heterocycles. The lowest BCUT2D eigenvalue weighted by molar-refractivity contribution is 0.0901. The van der Waals surface area contributed by atoms with Crippen LogP contribution in [0.2, 0.25) is 0 Å². The number of hydrogen-bond acceptors (Lipinski definition) is 3. The molecule has 3 N–H and O–H groups in total. The fourth-order valence-electron chi connectivity index (χ4n) is 1.96. The van der Waals surface area contributed by atoms with Crippen molar-refractivity contribution in [2.75, 3.05) is 18.4 Å². The second-order valence-corrected chi connectivity index (χ2v) is 5.07. The van der Waals surface area contributed by atoms with Crippen LogP contribution in [0.4, 0.5) is 5.69 Å². The molecular formula is C15H24N2O2. The molecule has 1 aromatic carbocycles. The number of hydrogen-bond donors (Lipinski definition) is 3. The van der Waals surface area contributed by atoms with Gasteiger partial charge in [0.25, 0.3) is 5.91 Å². The molecule has 0 aliphatic rings. The van der Waals surface area contributed by atoms with Crippen molar-refractivity contribution in [1.82, 2.24) is 5.32 Å². The van der Waals surface area contributed by atoms with Gasteiger partial charge in [0, 0.05) is 18.8 Å². The van der Waals surface area contributed by atoms with Gasteiger partial charge in [0.1, 0.15) is 0 Å². The maximum atomic E-state index is 12.1. The molecular weight excluding hydrogens is 240 g/mol. The van der Waals surface area contributed by atoms with E-state index in [4.69, 9.17) is 0 Å². The maximum absolute atomic E-state index is 12.1. The highest BCUT2D eigenvalue weighted by Gasteiger charge is 2.12. The Morgan fingerprint density at radius 2 is 2.00 bits per heavy atom. The summed E-state index contributed by atoms with van der Waals surface area (Å²) in [4.78, 5) is 12.1. The molecule has 4 heteroatoms. The molecule has 0 heterocycles. The predicted octanol–water partition coefficient (Wildman–Crippen LogP) is 2.26. The molecule has 0 aliphatic heterocycles. The summed E-state index contributed by atoms with van der Waals surface area (Å²) in [5.74, 6) is 0.264. The summed E-state index contributed by atoms with van der Waals surface area (Å²) in [5.41, 5.74) is 1.43. The monoisotopic (exact) mass is 264 g/mol. The first kappa shape index (κ1) is 15.5. The summed E-state index contributed by atoms with van der Waals surface area (Å²) < 4.78 is 0. The number of anilines is 1. The summed E-state index contributed by atoms with van der Waals surface area (Å²) in [6.45, 7) is 7.13. The van der Waals surface area contributed by atoms with Crippen LogP contribution in [0, 0.1) is 5.92 Å². The van der Waals surface area contributed by atoms with Crippen molar-refractivity contribution < 1.29 is 9.90 Å². The first-order chi connectivity index (χ1) is 9.04. The van der Waals surface area contributed by atoms with Gasteiger partial charge in [-0.2, -0.15) is 0 Å². The first-order valence-electron chi connectivity index (χ1n) is 6.83. The third-order valence-electron chi connectivity index (χ3n) is 2.78. The largest absolute Gasteiger partial charge is 0.391 e. The highest BCUT2D eigenvalue weighted by Crippen LogP contribution is 2.14. The molecule has 0 saturated heterocycles. The Kier molecular flexibility index (Phi) is 6.36. The Morgan fingerprint density at radius 3 is 2.63 bits per heavy atom. The Labute approximate surface area is 115 Å². The number of benzene rings is 1. The van der Waals surface area contributed by atoms with Gasteiger partial charge in [-0.05, 0) is 31.4 Å². The lowest BCUT2D eigenvalue weighted by Gasteiger charge is -2.15. The minimum Gasteiger partial charge on any atom is -0.391 e. The fraction of sp³-hybridized carbons (Fsp3) is 0.533. The van der Waals surface area contributed by atoms with E-state index in [1.807, 2.05) is 39.0 Å². The van der Waals surface area contributed by atoms with Gasteiger partial charge in [0.05, 0.1) is 11.7 Å². The van der Waals surface area contributed by atoms with Gasteiger partial charge in [-0.25, -0.2) is 0 Å². The number of carbonyl (C=O) groups is 1. The van der Waals surface area contributed by atoms with Gasteiger partial charge in [-0.3, -0.25) is 4.79 Å². The van der Waals surface area contributed by atoms with Crippen LogP contribution in [0.25, 0.3) is 0 Å². The number of aliphatic hydroxyl groups is 1. The number of aliphatic hydroxyl groups excluding tert-OH is 1. The Hall–Kier alpha value is -1.55. The zero-order chi connectivity index (χ0) is 14.3.